The highest BCUT2D eigenvalue weighted by Crippen LogP contribution is 2.24. The van der Waals surface area contributed by atoms with E-state index in [2.05, 4.69) is 21.2 Å². The van der Waals surface area contributed by atoms with Crippen molar-refractivity contribution in [1.29, 1.82) is 0 Å². The normalized spacial score (nSPS) is 10.4. The lowest BCUT2D eigenvalue weighted by molar-refractivity contribution is 0.586. The van der Waals surface area contributed by atoms with Gasteiger partial charge in [0.1, 0.15) is 17.3 Å². The summed E-state index contributed by atoms with van der Waals surface area (Å²) in [6.45, 7) is 0.302. The smallest absolute Gasteiger partial charge is 0.150 e. The summed E-state index contributed by atoms with van der Waals surface area (Å²) < 4.78 is 27.4. The van der Waals surface area contributed by atoms with Gasteiger partial charge in [-0.1, -0.05) is 39.7 Å². The molecule has 0 heterocycles. The maximum absolute atomic E-state index is 13.5. The molecule has 0 fully saturated rings. The molecule has 0 amide bonds. The van der Waals surface area contributed by atoms with Crippen LogP contribution in [0.3, 0.4) is 0 Å². The van der Waals surface area contributed by atoms with Crippen LogP contribution in [0, 0.1) is 11.6 Å². The molecule has 0 aliphatic carbocycles. The van der Waals surface area contributed by atoms with E-state index in [1.807, 2.05) is 6.07 Å². The summed E-state index contributed by atoms with van der Waals surface area (Å²) in [5.41, 5.74) is 0.711. The lowest BCUT2D eigenvalue weighted by Gasteiger charge is -2.09. The number of benzene rings is 2. The molecule has 0 saturated carbocycles. The molecule has 5 heteroatoms. The maximum atomic E-state index is 13.5. The van der Waals surface area contributed by atoms with Crippen molar-refractivity contribution in [2.45, 2.75) is 6.54 Å². The van der Waals surface area contributed by atoms with Crippen molar-refractivity contribution in [3.8, 4) is 0 Å². The first-order chi connectivity index (χ1) is 8.56. The summed E-state index contributed by atoms with van der Waals surface area (Å²) in [7, 11) is 0. The van der Waals surface area contributed by atoms with E-state index in [0.29, 0.717) is 16.0 Å². The molecule has 18 heavy (non-hydrogen) atoms. The van der Waals surface area contributed by atoms with E-state index in [-0.39, 0.29) is 5.69 Å². The Bertz CT molecular complexity index is 552. The predicted octanol–water partition coefficient (Wildman–Crippen LogP) is 4.99. The van der Waals surface area contributed by atoms with E-state index < -0.39 is 11.6 Å². The average Bonchev–Trinajstić information content (AvgIpc) is 2.27. The van der Waals surface area contributed by atoms with Crippen molar-refractivity contribution in [3.63, 3.8) is 0 Å². The topological polar surface area (TPSA) is 12.0 Å². The Hall–Kier alpha value is -1.13. The Morgan fingerprint density at radius 1 is 1.11 bits per heavy atom. The molecule has 0 bridgehead atoms. The number of nitrogens with one attached hydrogen (secondary N) is 1. The third-order valence-electron chi connectivity index (χ3n) is 2.37. The van der Waals surface area contributed by atoms with E-state index >= 15 is 0 Å². The van der Waals surface area contributed by atoms with Crippen LogP contribution in [0.5, 0.6) is 0 Å². The van der Waals surface area contributed by atoms with Crippen LogP contribution in [-0.4, -0.2) is 0 Å². The molecule has 1 N–H and O–H groups in total. The first-order valence-electron chi connectivity index (χ1n) is 5.19. The molecule has 0 spiro atoms. The molecule has 1 nitrogen and oxygen atoms in total. The van der Waals surface area contributed by atoms with Gasteiger partial charge in [0, 0.05) is 16.0 Å². The number of rotatable bonds is 3. The molecule has 0 radical (unpaired) electrons. The van der Waals surface area contributed by atoms with Crippen molar-refractivity contribution in [2.75, 3.05) is 5.32 Å². The molecule has 0 saturated heterocycles. The highest BCUT2D eigenvalue weighted by molar-refractivity contribution is 9.10. The second-order valence-electron chi connectivity index (χ2n) is 3.73. The Morgan fingerprint density at radius 3 is 2.39 bits per heavy atom. The highest BCUT2D eigenvalue weighted by atomic mass is 79.9. The van der Waals surface area contributed by atoms with Crippen molar-refractivity contribution in [3.05, 3.63) is 63.1 Å². The lowest BCUT2D eigenvalue weighted by atomic mass is 10.2. The van der Waals surface area contributed by atoms with Gasteiger partial charge in [-0.25, -0.2) is 8.78 Å². The van der Waals surface area contributed by atoms with Crippen LogP contribution in [0.4, 0.5) is 14.5 Å². The van der Waals surface area contributed by atoms with Gasteiger partial charge in [0.25, 0.3) is 0 Å². The Balaban J connectivity index is 2.16. The zero-order valence-electron chi connectivity index (χ0n) is 9.18. The minimum absolute atomic E-state index is 0.141. The summed E-state index contributed by atoms with van der Waals surface area (Å²) in [5.74, 6) is -1.27. The third-order valence-corrected chi connectivity index (χ3v) is 3.06. The monoisotopic (exact) mass is 331 g/mol. The van der Waals surface area contributed by atoms with Gasteiger partial charge in [0.15, 0.2) is 0 Å². The minimum Gasteiger partial charge on any atom is -0.376 e. The van der Waals surface area contributed by atoms with Gasteiger partial charge in [-0.15, -0.1) is 0 Å². The number of halogens is 4. The molecule has 0 aliphatic rings. The fourth-order valence-electron chi connectivity index (χ4n) is 1.55. The number of hydrogen-bond donors (Lipinski definition) is 1. The van der Waals surface area contributed by atoms with Crippen molar-refractivity contribution in [1.82, 2.24) is 0 Å². The number of anilines is 1. The Morgan fingerprint density at radius 2 is 1.78 bits per heavy atom. The molecule has 2 aromatic carbocycles. The van der Waals surface area contributed by atoms with Crippen LogP contribution >= 0.6 is 27.5 Å². The quantitative estimate of drug-likeness (QED) is 0.834. The largest absolute Gasteiger partial charge is 0.376 e. The molecule has 0 aliphatic heterocycles. The molecular weight excluding hydrogens is 324 g/mol. The average molecular weight is 333 g/mol. The summed E-state index contributed by atoms with van der Waals surface area (Å²) in [6.07, 6.45) is 0. The third kappa shape index (κ3) is 3.21. The van der Waals surface area contributed by atoms with Crippen LogP contribution in [0.15, 0.2) is 40.9 Å². The summed E-state index contributed by atoms with van der Waals surface area (Å²) >= 11 is 8.86. The van der Waals surface area contributed by atoms with Gasteiger partial charge in [0.2, 0.25) is 0 Å². The van der Waals surface area contributed by atoms with Crippen molar-refractivity contribution >= 4 is 33.2 Å². The molecule has 0 unspecified atom stereocenters. The predicted molar refractivity (Wildman–Crippen MR) is 72.8 cm³/mol. The van der Waals surface area contributed by atoms with Gasteiger partial charge in [-0.2, -0.15) is 0 Å². The van der Waals surface area contributed by atoms with E-state index in [1.165, 1.54) is 12.1 Å². The first-order valence-corrected chi connectivity index (χ1v) is 6.36. The Kier molecular flexibility index (Phi) is 4.19. The van der Waals surface area contributed by atoms with Gasteiger partial charge in [-0.05, 0) is 29.8 Å². The summed E-state index contributed by atoms with van der Waals surface area (Å²) in [4.78, 5) is 0. The van der Waals surface area contributed by atoms with E-state index in [1.54, 1.807) is 18.2 Å². The van der Waals surface area contributed by atoms with E-state index in [4.69, 9.17) is 11.6 Å². The van der Waals surface area contributed by atoms with Crippen LogP contribution in [0.25, 0.3) is 0 Å². The van der Waals surface area contributed by atoms with Crippen molar-refractivity contribution < 1.29 is 8.78 Å². The Labute approximate surface area is 117 Å². The zero-order chi connectivity index (χ0) is 13.1. The minimum atomic E-state index is -0.635. The van der Waals surface area contributed by atoms with Gasteiger partial charge in [-0.3, -0.25) is 0 Å². The first kappa shape index (κ1) is 13.3. The van der Waals surface area contributed by atoms with E-state index in [0.717, 1.165) is 5.56 Å². The molecule has 94 valence electrons. The fraction of sp³-hybridized carbons (Fsp3) is 0.0769. The SMILES string of the molecule is Fc1cc(Br)cc(F)c1NCc1cccc(Cl)c1. The van der Waals surface area contributed by atoms with Crippen molar-refractivity contribution in [2.24, 2.45) is 0 Å². The van der Waals surface area contributed by atoms with Gasteiger partial charge >= 0.3 is 0 Å². The second-order valence-corrected chi connectivity index (χ2v) is 5.08. The summed E-state index contributed by atoms with van der Waals surface area (Å²) in [5, 5.41) is 3.31. The molecule has 2 rings (SSSR count). The molecule has 0 aromatic heterocycles. The van der Waals surface area contributed by atoms with Crippen LogP contribution in [-0.2, 0) is 6.54 Å². The zero-order valence-corrected chi connectivity index (χ0v) is 11.5. The maximum Gasteiger partial charge on any atom is 0.150 e. The van der Waals surface area contributed by atoms with Crippen LogP contribution in [0.1, 0.15) is 5.56 Å². The van der Waals surface area contributed by atoms with Crippen LogP contribution in [0.2, 0.25) is 5.02 Å². The van der Waals surface area contributed by atoms with E-state index in [9.17, 15) is 8.78 Å². The standard InChI is InChI=1S/C13H9BrClF2N/c14-9-5-11(16)13(12(17)6-9)18-7-8-2-1-3-10(15)4-8/h1-6,18H,7H2. The molecule has 2 aromatic rings. The highest BCUT2D eigenvalue weighted by Gasteiger charge is 2.09. The second kappa shape index (κ2) is 5.67. The fourth-order valence-corrected chi connectivity index (χ4v) is 2.16. The van der Waals surface area contributed by atoms with Crippen LogP contribution < -0.4 is 5.32 Å². The molecule has 0 atom stereocenters. The summed E-state index contributed by atoms with van der Waals surface area (Å²) in [6, 6.07) is 9.52. The number of hydrogen-bond acceptors (Lipinski definition) is 1. The lowest BCUT2D eigenvalue weighted by Crippen LogP contribution is -2.03. The van der Waals surface area contributed by atoms with Gasteiger partial charge in [0.05, 0.1) is 0 Å². The van der Waals surface area contributed by atoms with Gasteiger partial charge < -0.3 is 5.32 Å². The molecular formula is C13H9BrClF2N.